The van der Waals surface area contributed by atoms with E-state index >= 15 is 0 Å². The molecule has 8 heteroatoms. The maximum absolute atomic E-state index is 13.5. The topological polar surface area (TPSA) is 79.0 Å². The summed E-state index contributed by atoms with van der Waals surface area (Å²) in [6, 6.07) is 21.0. The Balaban J connectivity index is 1.54. The Labute approximate surface area is 189 Å². The Morgan fingerprint density at radius 2 is 1.55 bits per heavy atom. The second-order valence-electron chi connectivity index (χ2n) is 7.95. The van der Waals surface area contributed by atoms with Gasteiger partial charge in [-0.2, -0.15) is 0 Å². The number of hydrogen-bond acceptors (Lipinski definition) is 5. The molecule has 3 amide bonds. The van der Waals surface area contributed by atoms with Crippen LogP contribution in [0.3, 0.4) is 0 Å². The summed E-state index contributed by atoms with van der Waals surface area (Å²) in [6.07, 6.45) is -1.01. The fourth-order valence-electron chi connectivity index (χ4n) is 4.36. The van der Waals surface area contributed by atoms with Gasteiger partial charge in [0.1, 0.15) is 11.7 Å². The van der Waals surface area contributed by atoms with Crippen molar-refractivity contribution in [3.63, 3.8) is 0 Å². The minimum absolute atomic E-state index is 0.190. The molecule has 2 aliphatic heterocycles. The van der Waals surface area contributed by atoms with Gasteiger partial charge in [-0.1, -0.05) is 30.3 Å². The highest BCUT2D eigenvalue weighted by atomic mass is 19.1. The number of carbonyl (C=O) groups excluding carboxylic acids is 3. The Bertz CT molecular complexity index is 1210. The van der Waals surface area contributed by atoms with Gasteiger partial charge in [-0.3, -0.25) is 19.2 Å². The van der Waals surface area contributed by atoms with Crippen LogP contribution in [0, 0.1) is 11.7 Å². The number of amides is 3. The van der Waals surface area contributed by atoms with E-state index in [1.807, 2.05) is 30.3 Å². The third-order valence-corrected chi connectivity index (χ3v) is 5.78. The summed E-state index contributed by atoms with van der Waals surface area (Å²) < 4.78 is 13.4. The molecule has 0 radical (unpaired) electrons. The van der Waals surface area contributed by atoms with Gasteiger partial charge in [0.15, 0.2) is 6.10 Å². The zero-order chi connectivity index (χ0) is 23.1. The maximum Gasteiger partial charge on any atom is 0.266 e. The van der Waals surface area contributed by atoms with Crippen LogP contribution in [0.2, 0.25) is 0 Å². The summed E-state index contributed by atoms with van der Waals surface area (Å²) in [6.45, 7) is 1.42. The predicted octanol–water partition coefficient (Wildman–Crippen LogP) is 3.84. The first-order valence-electron chi connectivity index (χ1n) is 10.5. The molecule has 2 saturated heterocycles. The molecule has 33 heavy (non-hydrogen) atoms. The van der Waals surface area contributed by atoms with Gasteiger partial charge in [-0.05, 0) is 54.1 Å². The highest BCUT2D eigenvalue weighted by Crippen LogP contribution is 2.47. The van der Waals surface area contributed by atoms with Gasteiger partial charge in [0.05, 0.1) is 17.4 Å². The molecule has 1 N–H and O–H groups in total. The van der Waals surface area contributed by atoms with E-state index in [1.165, 1.54) is 31.2 Å². The number of rotatable bonds is 4. The van der Waals surface area contributed by atoms with Gasteiger partial charge in [-0.25, -0.2) is 14.4 Å². The van der Waals surface area contributed by atoms with Crippen molar-refractivity contribution in [2.45, 2.75) is 19.1 Å². The van der Waals surface area contributed by atoms with Gasteiger partial charge in [0.2, 0.25) is 11.8 Å². The van der Waals surface area contributed by atoms with Crippen LogP contribution in [0.25, 0.3) is 0 Å². The number of fused-ring (bicyclic) bond motifs is 1. The third kappa shape index (κ3) is 3.64. The molecular weight excluding hydrogens is 425 g/mol. The first-order chi connectivity index (χ1) is 15.9. The average molecular weight is 445 g/mol. The lowest BCUT2D eigenvalue weighted by molar-refractivity contribution is -0.126. The van der Waals surface area contributed by atoms with Crippen molar-refractivity contribution in [2.75, 3.05) is 15.3 Å². The minimum Gasteiger partial charge on any atom is -0.326 e. The molecule has 0 aromatic heterocycles. The number of halogens is 1. The van der Waals surface area contributed by atoms with Gasteiger partial charge in [0, 0.05) is 12.6 Å². The van der Waals surface area contributed by atoms with E-state index in [2.05, 4.69) is 5.32 Å². The molecule has 0 spiro atoms. The number of nitrogens with zero attached hydrogens (tertiary/aromatic N) is 2. The van der Waals surface area contributed by atoms with E-state index in [0.717, 1.165) is 10.5 Å². The van der Waals surface area contributed by atoms with E-state index in [9.17, 15) is 18.8 Å². The fraction of sp³-hybridized carbons (Fsp3) is 0.160. The Morgan fingerprint density at radius 3 is 2.18 bits per heavy atom. The van der Waals surface area contributed by atoms with Crippen LogP contribution in [0.15, 0.2) is 78.9 Å². The molecule has 166 valence electrons. The van der Waals surface area contributed by atoms with Gasteiger partial charge >= 0.3 is 0 Å². The molecule has 0 aliphatic carbocycles. The van der Waals surface area contributed by atoms with E-state index in [0.29, 0.717) is 17.1 Å². The third-order valence-electron chi connectivity index (χ3n) is 5.78. The first-order valence-corrected chi connectivity index (χ1v) is 10.5. The first kappa shape index (κ1) is 20.8. The molecule has 5 rings (SSSR count). The van der Waals surface area contributed by atoms with Crippen LogP contribution in [0.4, 0.5) is 21.5 Å². The number of hydroxylamine groups is 1. The number of benzene rings is 3. The molecule has 3 aromatic rings. The number of carbonyl (C=O) groups is 3. The van der Waals surface area contributed by atoms with Crippen molar-refractivity contribution < 1.29 is 23.6 Å². The second kappa shape index (κ2) is 8.14. The van der Waals surface area contributed by atoms with Crippen LogP contribution >= 0.6 is 0 Å². The monoisotopic (exact) mass is 445 g/mol. The standard InChI is InChI=1S/C25H20FN3O4/c1-15(30)27-18-11-7-16(8-12-18)22-21-23(33-29(22)20-5-3-2-4-6-20)25(32)28(24(21)31)19-13-9-17(26)10-14-19/h2-14,21-23H,1H3,(H,27,30)/t21-,22-,23-/m0/s1. The molecule has 0 saturated carbocycles. The quantitative estimate of drug-likeness (QED) is 0.618. The van der Waals surface area contributed by atoms with E-state index in [1.54, 1.807) is 29.3 Å². The van der Waals surface area contributed by atoms with Crippen molar-refractivity contribution >= 4 is 34.8 Å². The maximum atomic E-state index is 13.5. The molecule has 0 bridgehead atoms. The van der Waals surface area contributed by atoms with Crippen LogP contribution < -0.4 is 15.3 Å². The number of anilines is 3. The molecule has 0 unspecified atom stereocenters. The summed E-state index contributed by atoms with van der Waals surface area (Å²) in [5.41, 5.74) is 2.38. The molecule has 7 nitrogen and oxygen atoms in total. The van der Waals surface area contributed by atoms with E-state index in [4.69, 9.17) is 4.84 Å². The van der Waals surface area contributed by atoms with Gasteiger partial charge < -0.3 is 5.32 Å². The molecular formula is C25H20FN3O4. The summed E-state index contributed by atoms with van der Waals surface area (Å²) in [7, 11) is 0. The smallest absolute Gasteiger partial charge is 0.266 e. The lowest BCUT2D eigenvalue weighted by Gasteiger charge is -2.28. The van der Waals surface area contributed by atoms with E-state index in [-0.39, 0.29) is 5.91 Å². The summed E-state index contributed by atoms with van der Waals surface area (Å²) in [5.74, 6) is -2.35. The molecule has 2 aliphatic rings. The lowest BCUT2D eigenvalue weighted by Crippen LogP contribution is -2.37. The highest BCUT2D eigenvalue weighted by molar-refractivity contribution is 6.23. The molecule has 2 heterocycles. The Morgan fingerprint density at radius 1 is 0.879 bits per heavy atom. The summed E-state index contributed by atoms with van der Waals surface area (Å²) >= 11 is 0. The summed E-state index contributed by atoms with van der Waals surface area (Å²) in [4.78, 5) is 45.2. The van der Waals surface area contributed by atoms with Crippen molar-refractivity contribution in [3.8, 4) is 0 Å². The average Bonchev–Trinajstić information content (AvgIpc) is 3.32. The fourth-order valence-corrected chi connectivity index (χ4v) is 4.36. The second-order valence-corrected chi connectivity index (χ2v) is 7.95. The lowest BCUT2D eigenvalue weighted by atomic mass is 9.90. The largest absolute Gasteiger partial charge is 0.326 e. The number of para-hydroxylation sites is 1. The van der Waals surface area contributed by atoms with Crippen molar-refractivity contribution in [3.05, 3.63) is 90.2 Å². The van der Waals surface area contributed by atoms with E-state index < -0.39 is 35.7 Å². The van der Waals surface area contributed by atoms with Crippen molar-refractivity contribution in [2.24, 2.45) is 5.92 Å². The molecule has 3 atom stereocenters. The van der Waals surface area contributed by atoms with Crippen molar-refractivity contribution in [1.82, 2.24) is 0 Å². The Kier molecular flexibility index (Phi) is 5.14. The molecule has 2 fully saturated rings. The van der Waals surface area contributed by atoms with Crippen LogP contribution in [-0.2, 0) is 19.2 Å². The van der Waals surface area contributed by atoms with Gasteiger partial charge in [-0.15, -0.1) is 0 Å². The number of imide groups is 1. The number of nitrogens with one attached hydrogen (secondary N) is 1. The summed E-state index contributed by atoms with van der Waals surface area (Å²) in [5, 5.41) is 4.31. The van der Waals surface area contributed by atoms with Crippen LogP contribution in [0.1, 0.15) is 18.5 Å². The van der Waals surface area contributed by atoms with Crippen molar-refractivity contribution in [1.29, 1.82) is 0 Å². The van der Waals surface area contributed by atoms with Crippen LogP contribution in [-0.4, -0.2) is 23.8 Å². The SMILES string of the molecule is CC(=O)Nc1ccc([C@H]2[C@@H]3C(=O)N(c4ccc(F)cc4)C(=O)[C@H]3ON2c2ccccc2)cc1. The molecule has 3 aromatic carbocycles. The number of hydrogen-bond donors (Lipinski definition) is 1. The van der Waals surface area contributed by atoms with Gasteiger partial charge in [0.25, 0.3) is 5.91 Å². The zero-order valence-electron chi connectivity index (χ0n) is 17.6. The Hall–Kier alpha value is -4.04. The zero-order valence-corrected chi connectivity index (χ0v) is 17.6. The highest BCUT2D eigenvalue weighted by Gasteiger charge is 2.60. The minimum atomic E-state index is -1.01. The normalized spacial score (nSPS) is 21.9. The van der Waals surface area contributed by atoms with Crippen LogP contribution in [0.5, 0.6) is 0 Å². The predicted molar refractivity (Wildman–Crippen MR) is 120 cm³/mol.